The van der Waals surface area contributed by atoms with Crippen LogP contribution in [0.5, 0.6) is 0 Å². The summed E-state index contributed by atoms with van der Waals surface area (Å²) in [4.78, 5) is 12.4. The van der Waals surface area contributed by atoms with Crippen molar-refractivity contribution in [3.05, 3.63) is 53.9 Å². The quantitative estimate of drug-likeness (QED) is 0.854. The molecule has 0 fully saturated rings. The third-order valence-corrected chi connectivity index (χ3v) is 3.33. The van der Waals surface area contributed by atoms with Gasteiger partial charge in [0, 0.05) is 24.5 Å². The van der Waals surface area contributed by atoms with Gasteiger partial charge in [0.15, 0.2) is 0 Å². The van der Waals surface area contributed by atoms with Crippen molar-refractivity contribution in [1.82, 2.24) is 9.88 Å². The van der Waals surface area contributed by atoms with Crippen LogP contribution in [-0.4, -0.2) is 17.0 Å². The number of nitrogens with zero attached hydrogens (tertiary/aromatic N) is 1. The zero-order valence-corrected chi connectivity index (χ0v) is 12.9. The Morgan fingerprint density at radius 2 is 2.05 bits per heavy atom. The normalized spacial score (nSPS) is 10.9. The smallest absolute Gasteiger partial charge is 0.272 e. The lowest BCUT2D eigenvalue weighted by molar-refractivity contribution is 0.101. The minimum Gasteiger partial charge on any atom is -0.341 e. The average molecular weight is 285 g/mol. The van der Waals surface area contributed by atoms with Crippen molar-refractivity contribution in [2.24, 2.45) is 0 Å². The minimum absolute atomic E-state index is 0.0747. The molecule has 0 saturated carbocycles. The Labute approximate surface area is 126 Å². The third kappa shape index (κ3) is 3.95. The van der Waals surface area contributed by atoms with Crippen molar-refractivity contribution < 1.29 is 4.79 Å². The molecule has 0 atom stereocenters. The SMILES string of the molecule is CCNCc1cccc(NC(=O)c2cccn2C(C)C)c1. The van der Waals surface area contributed by atoms with E-state index in [2.05, 4.69) is 37.5 Å². The van der Waals surface area contributed by atoms with Crippen molar-refractivity contribution in [1.29, 1.82) is 0 Å². The molecule has 0 bridgehead atoms. The van der Waals surface area contributed by atoms with Gasteiger partial charge in [-0.3, -0.25) is 4.79 Å². The van der Waals surface area contributed by atoms with Crippen LogP contribution in [0.4, 0.5) is 5.69 Å². The van der Waals surface area contributed by atoms with Gasteiger partial charge in [-0.1, -0.05) is 19.1 Å². The first-order chi connectivity index (χ1) is 10.1. The number of hydrogen-bond donors (Lipinski definition) is 2. The molecule has 2 aromatic rings. The lowest BCUT2D eigenvalue weighted by Gasteiger charge is -2.13. The van der Waals surface area contributed by atoms with E-state index in [1.165, 1.54) is 0 Å². The van der Waals surface area contributed by atoms with Crippen LogP contribution in [0, 0.1) is 0 Å². The minimum atomic E-state index is -0.0747. The molecule has 4 nitrogen and oxygen atoms in total. The second-order valence-corrected chi connectivity index (χ2v) is 5.33. The zero-order chi connectivity index (χ0) is 15.2. The Bertz CT molecular complexity index is 602. The topological polar surface area (TPSA) is 46.1 Å². The Hall–Kier alpha value is -2.07. The Kier molecular flexibility index (Phi) is 5.17. The number of hydrogen-bond acceptors (Lipinski definition) is 2. The number of carbonyl (C=O) groups is 1. The summed E-state index contributed by atoms with van der Waals surface area (Å²) < 4.78 is 1.97. The molecule has 0 spiro atoms. The van der Waals surface area contributed by atoms with Gasteiger partial charge in [0.25, 0.3) is 5.91 Å². The molecule has 112 valence electrons. The first-order valence-corrected chi connectivity index (χ1v) is 7.39. The first kappa shape index (κ1) is 15.3. The molecule has 21 heavy (non-hydrogen) atoms. The van der Waals surface area contributed by atoms with Crippen molar-refractivity contribution >= 4 is 11.6 Å². The van der Waals surface area contributed by atoms with E-state index >= 15 is 0 Å². The Balaban J connectivity index is 2.10. The predicted octanol–water partition coefficient (Wildman–Crippen LogP) is 3.43. The number of nitrogens with one attached hydrogen (secondary N) is 2. The van der Waals surface area contributed by atoms with Crippen LogP contribution >= 0.6 is 0 Å². The molecule has 0 aliphatic rings. The van der Waals surface area contributed by atoms with Crippen molar-refractivity contribution in [2.45, 2.75) is 33.4 Å². The van der Waals surface area contributed by atoms with Crippen LogP contribution in [0.2, 0.25) is 0 Å². The highest BCUT2D eigenvalue weighted by atomic mass is 16.1. The van der Waals surface area contributed by atoms with Crippen LogP contribution in [0.15, 0.2) is 42.6 Å². The van der Waals surface area contributed by atoms with E-state index in [0.717, 1.165) is 24.3 Å². The molecular formula is C17H23N3O. The summed E-state index contributed by atoms with van der Waals surface area (Å²) >= 11 is 0. The fourth-order valence-electron chi connectivity index (χ4n) is 2.26. The number of aromatic nitrogens is 1. The summed E-state index contributed by atoms with van der Waals surface area (Å²) in [6, 6.07) is 11.9. The molecule has 1 aromatic heterocycles. The van der Waals surface area contributed by atoms with E-state index in [4.69, 9.17) is 0 Å². The van der Waals surface area contributed by atoms with Crippen LogP contribution < -0.4 is 10.6 Å². The van der Waals surface area contributed by atoms with Crippen molar-refractivity contribution in [3.8, 4) is 0 Å². The molecular weight excluding hydrogens is 262 g/mol. The van der Waals surface area contributed by atoms with Gasteiger partial charge in [-0.2, -0.15) is 0 Å². The highest BCUT2D eigenvalue weighted by Crippen LogP contribution is 2.15. The number of anilines is 1. The van der Waals surface area contributed by atoms with Gasteiger partial charge in [-0.25, -0.2) is 0 Å². The molecule has 0 unspecified atom stereocenters. The fraction of sp³-hybridized carbons (Fsp3) is 0.353. The van der Waals surface area contributed by atoms with Gasteiger partial charge >= 0.3 is 0 Å². The number of amides is 1. The molecule has 4 heteroatoms. The average Bonchev–Trinajstić information content (AvgIpc) is 2.95. The second-order valence-electron chi connectivity index (χ2n) is 5.33. The molecule has 2 rings (SSSR count). The van der Waals surface area contributed by atoms with E-state index in [1.807, 2.05) is 41.1 Å². The van der Waals surface area contributed by atoms with Gasteiger partial charge in [-0.05, 0) is 50.2 Å². The van der Waals surface area contributed by atoms with Gasteiger partial charge in [0.05, 0.1) is 0 Å². The summed E-state index contributed by atoms with van der Waals surface area (Å²) in [7, 11) is 0. The molecule has 1 amide bonds. The second kappa shape index (κ2) is 7.09. The molecule has 0 saturated heterocycles. The summed E-state index contributed by atoms with van der Waals surface area (Å²) in [5, 5.41) is 6.25. The first-order valence-electron chi connectivity index (χ1n) is 7.39. The van der Waals surface area contributed by atoms with Crippen LogP contribution in [0.1, 0.15) is 42.9 Å². The van der Waals surface area contributed by atoms with E-state index in [1.54, 1.807) is 0 Å². The maximum Gasteiger partial charge on any atom is 0.272 e. The highest BCUT2D eigenvalue weighted by Gasteiger charge is 2.12. The fourth-order valence-corrected chi connectivity index (χ4v) is 2.26. The third-order valence-electron chi connectivity index (χ3n) is 3.33. The van der Waals surface area contributed by atoms with Gasteiger partial charge in [-0.15, -0.1) is 0 Å². The maximum absolute atomic E-state index is 12.4. The van der Waals surface area contributed by atoms with E-state index in [9.17, 15) is 4.79 Å². The summed E-state index contributed by atoms with van der Waals surface area (Å²) in [5.74, 6) is -0.0747. The molecule has 0 aliphatic heterocycles. The van der Waals surface area contributed by atoms with Crippen molar-refractivity contribution in [2.75, 3.05) is 11.9 Å². The van der Waals surface area contributed by atoms with E-state index in [0.29, 0.717) is 5.69 Å². The monoisotopic (exact) mass is 285 g/mol. The Morgan fingerprint density at radius 1 is 1.24 bits per heavy atom. The molecule has 1 aromatic carbocycles. The number of benzene rings is 1. The lowest BCUT2D eigenvalue weighted by atomic mass is 10.2. The number of rotatable bonds is 6. The predicted molar refractivity (Wildman–Crippen MR) is 86.6 cm³/mol. The van der Waals surface area contributed by atoms with E-state index < -0.39 is 0 Å². The van der Waals surface area contributed by atoms with Gasteiger partial charge in [0.1, 0.15) is 5.69 Å². The largest absolute Gasteiger partial charge is 0.341 e. The highest BCUT2D eigenvalue weighted by molar-refractivity contribution is 6.03. The van der Waals surface area contributed by atoms with Crippen LogP contribution in [0.3, 0.4) is 0 Å². The standard InChI is InChI=1S/C17H23N3O/c1-4-18-12-14-7-5-8-15(11-14)19-17(21)16-9-6-10-20(16)13(2)3/h5-11,13,18H,4,12H2,1-3H3,(H,19,21). The maximum atomic E-state index is 12.4. The molecule has 2 N–H and O–H groups in total. The number of carbonyl (C=O) groups excluding carboxylic acids is 1. The lowest BCUT2D eigenvalue weighted by Crippen LogP contribution is -2.18. The molecule has 1 heterocycles. The Morgan fingerprint density at radius 3 is 2.76 bits per heavy atom. The van der Waals surface area contributed by atoms with Crippen molar-refractivity contribution in [3.63, 3.8) is 0 Å². The summed E-state index contributed by atoms with van der Waals surface area (Å²) in [6.07, 6.45) is 1.93. The van der Waals surface area contributed by atoms with Gasteiger partial charge in [0.2, 0.25) is 0 Å². The van der Waals surface area contributed by atoms with Crippen LogP contribution in [0.25, 0.3) is 0 Å². The summed E-state index contributed by atoms with van der Waals surface area (Å²) in [5.41, 5.74) is 2.67. The molecule has 0 radical (unpaired) electrons. The zero-order valence-electron chi connectivity index (χ0n) is 12.9. The van der Waals surface area contributed by atoms with E-state index in [-0.39, 0.29) is 11.9 Å². The van der Waals surface area contributed by atoms with Gasteiger partial charge < -0.3 is 15.2 Å². The molecule has 0 aliphatic carbocycles. The summed E-state index contributed by atoms with van der Waals surface area (Å²) in [6.45, 7) is 7.94. The van der Waals surface area contributed by atoms with Crippen LogP contribution in [-0.2, 0) is 6.54 Å².